The highest BCUT2D eigenvalue weighted by molar-refractivity contribution is 7.47. The first-order chi connectivity index (χ1) is 47.0. The molecule has 0 aromatic carbocycles. The van der Waals surface area contributed by atoms with Crippen molar-refractivity contribution in [2.45, 2.75) is 432 Å². The number of aliphatic hydroxyl groups excluding tert-OH is 1. The Balaban J connectivity index is 5.25. The summed E-state index contributed by atoms with van der Waals surface area (Å²) in [5.74, 6) is -1.30. The Morgan fingerprint density at radius 2 is 0.474 bits per heavy atom. The van der Waals surface area contributed by atoms with Gasteiger partial charge in [0.05, 0.1) is 26.4 Å². The van der Waals surface area contributed by atoms with E-state index < -0.39 is 97.5 Å². The van der Waals surface area contributed by atoms with E-state index in [2.05, 4.69) is 34.6 Å². The minimum Gasteiger partial charge on any atom is -0.462 e. The van der Waals surface area contributed by atoms with E-state index in [0.717, 1.165) is 95.8 Å². The molecule has 97 heavy (non-hydrogen) atoms. The molecule has 19 heteroatoms. The Bertz CT molecular complexity index is 1860. The fourth-order valence-electron chi connectivity index (χ4n) is 12.1. The number of carbonyl (C=O) groups excluding carboxylic acids is 4. The highest BCUT2D eigenvalue weighted by atomic mass is 31.2. The van der Waals surface area contributed by atoms with Crippen LogP contribution in [0.2, 0.25) is 0 Å². The molecule has 0 amide bonds. The van der Waals surface area contributed by atoms with Gasteiger partial charge in [-0.2, -0.15) is 0 Å². The normalized spacial score (nSPS) is 13.9. The van der Waals surface area contributed by atoms with E-state index in [1.54, 1.807) is 0 Å². The summed E-state index contributed by atoms with van der Waals surface area (Å²) in [6.45, 7) is 7.35. The van der Waals surface area contributed by atoms with Crippen LogP contribution in [-0.4, -0.2) is 96.7 Å². The zero-order chi connectivity index (χ0) is 71.2. The smallest absolute Gasteiger partial charge is 0.462 e. The summed E-state index contributed by atoms with van der Waals surface area (Å²) in [5, 5.41) is 10.6. The molecule has 0 saturated heterocycles. The Labute approximate surface area is 594 Å². The molecule has 0 aliphatic carbocycles. The summed E-state index contributed by atoms with van der Waals surface area (Å²) < 4.78 is 68.6. The number of unbranched alkanes of at least 4 members (excludes halogenated alkanes) is 50. The fourth-order valence-corrected chi connectivity index (χ4v) is 13.6. The SMILES string of the molecule is CCCCCCCCCCCCCCCC(=O)OC[C@H](COP(=O)(O)OC[C@H](O)COP(=O)(O)OC[C@@H](COC(=O)CCCCCCCCCCCCCCC)OC(=O)CCCCCCCCCCCCCCCCCC(C)C)OC(=O)CCCCCCCCCCCCCCC. The molecule has 17 nitrogen and oxygen atoms in total. The lowest BCUT2D eigenvalue weighted by molar-refractivity contribution is -0.161. The molecule has 0 fully saturated rings. The molecule has 0 spiro atoms. The number of phosphoric ester groups is 2. The average molecular weight is 1420 g/mol. The maximum absolute atomic E-state index is 13.1. The van der Waals surface area contributed by atoms with Crippen LogP contribution >= 0.6 is 15.6 Å². The Morgan fingerprint density at radius 1 is 0.278 bits per heavy atom. The molecule has 0 aliphatic heterocycles. The summed E-state index contributed by atoms with van der Waals surface area (Å²) in [5.41, 5.74) is 0. The number of ether oxygens (including phenoxy) is 4. The highest BCUT2D eigenvalue weighted by Crippen LogP contribution is 2.45. The van der Waals surface area contributed by atoms with Gasteiger partial charge in [0.2, 0.25) is 0 Å². The molecule has 0 saturated carbocycles. The minimum atomic E-state index is -4.96. The van der Waals surface area contributed by atoms with Crippen LogP contribution in [0.3, 0.4) is 0 Å². The first-order valence-corrected chi connectivity index (χ1v) is 43.6. The molecule has 0 heterocycles. The Kier molecular flexibility index (Phi) is 69.6. The van der Waals surface area contributed by atoms with Gasteiger partial charge in [-0.05, 0) is 31.6 Å². The lowest BCUT2D eigenvalue weighted by atomic mass is 10.0. The van der Waals surface area contributed by atoms with Gasteiger partial charge in [-0.3, -0.25) is 37.3 Å². The van der Waals surface area contributed by atoms with Crippen molar-refractivity contribution in [2.24, 2.45) is 5.92 Å². The van der Waals surface area contributed by atoms with Crippen molar-refractivity contribution >= 4 is 39.5 Å². The van der Waals surface area contributed by atoms with E-state index in [-0.39, 0.29) is 25.7 Å². The second-order valence-corrected chi connectivity index (χ2v) is 31.5. The van der Waals surface area contributed by atoms with Gasteiger partial charge in [-0.25, -0.2) is 9.13 Å². The van der Waals surface area contributed by atoms with Gasteiger partial charge in [0, 0.05) is 25.7 Å². The van der Waals surface area contributed by atoms with Crippen LogP contribution in [0.15, 0.2) is 0 Å². The van der Waals surface area contributed by atoms with Crippen LogP contribution in [0.5, 0.6) is 0 Å². The number of hydrogen-bond acceptors (Lipinski definition) is 15. The van der Waals surface area contributed by atoms with Crippen molar-refractivity contribution in [3.8, 4) is 0 Å². The van der Waals surface area contributed by atoms with Gasteiger partial charge >= 0.3 is 39.5 Å². The lowest BCUT2D eigenvalue weighted by Gasteiger charge is -2.21. The molecule has 0 bridgehead atoms. The van der Waals surface area contributed by atoms with Gasteiger partial charge in [0.25, 0.3) is 0 Å². The summed E-state index contributed by atoms with van der Waals surface area (Å²) >= 11 is 0. The average Bonchev–Trinajstić information content (AvgIpc) is 1.88. The quantitative estimate of drug-likeness (QED) is 0.0222. The molecule has 5 atom stereocenters. The second-order valence-electron chi connectivity index (χ2n) is 28.6. The monoisotopic (exact) mass is 1420 g/mol. The Hall–Kier alpha value is -1.94. The van der Waals surface area contributed by atoms with Crippen molar-refractivity contribution in [2.75, 3.05) is 39.6 Å². The van der Waals surface area contributed by atoms with Crippen molar-refractivity contribution in [3.63, 3.8) is 0 Å². The predicted octanol–water partition coefficient (Wildman–Crippen LogP) is 23.3. The minimum absolute atomic E-state index is 0.108. The highest BCUT2D eigenvalue weighted by Gasteiger charge is 2.30. The lowest BCUT2D eigenvalue weighted by Crippen LogP contribution is -2.30. The van der Waals surface area contributed by atoms with E-state index in [1.807, 2.05) is 0 Å². The van der Waals surface area contributed by atoms with Crippen molar-refractivity contribution < 1.29 is 80.2 Å². The van der Waals surface area contributed by atoms with Crippen molar-refractivity contribution in [1.82, 2.24) is 0 Å². The summed E-state index contributed by atoms with van der Waals surface area (Å²) in [6, 6.07) is 0. The predicted molar refractivity (Wildman–Crippen MR) is 395 cm³/mol. The van der Waals surface area contributed by atoms with Crippen LogP contribution in [0.4, 0.5) is 0 Å². The second kappa shape index (κ2) is 71.1. The van der Waals surface area contributed by atoms with Gasteiger partial charge in [0.15, 0.2) is 12.2 Å². The molecule has 0 rings (SSSR count). The molecule has 0 radical (unpaired) electrons. The van der Waals surface area contributed by atoms with Crippen molar-refractivity contribution in [3.05, 3.63) is 0 Å². The number of hydrogen-bond donors (Lipinski definition) is 3. The van der Waals surface area contributed by atoms with E-state index in [9.17, 15) is 43.2 Å². The number of aliphatic hydroxyl groups is 1. The molecular formula is C78H152O17P2. The molecule has 576 valence electrons. The number of phosphoric acid groups is 2. The zero-order valence-corrected chi connectivity index (χ0v) is 65.0. The summed E-state index contributed by atoms with van der Waals surface area (Å²) in [6.07, 6.45) is 60.8. The van der Waals surface area contributed by atoms with Crippen LogP contribution in [0.25, 0.3) is 0 Å². The van der Waals surface area contributed by atoms with Gasteiger partial charge in [0.1, 0.15) is 19.3 Å². The van der Waals surface area contributed by atoms with E-state index in [1.165, 1.54) is 238 Å². The maximum Gasteiger partial charge on any atom is 0.472 e. The van der Waals surface area contributed by atoms with Gasteiger partial charge < -0.3 is 33.8 Å². The summed E-state index contributed by atoms with van der Waals surface area (Å²) in [4.78, 5) is 72.9. The maximum atomic E-state index is 13.1. The van der Waals surface area contributed by atoms with E-state index in [4.69, 9.17) is 37.0 Å². The number of rotatable bonds is 78. The number of carbonyl (C=O) groups is 4. The third kappa shape index (κ3) is 72.2. The molecule has 0 aliphatic rings. The van der Waals surface area contributed by atoms with Gasteiger partial charge in [-0.1, -0.05) is 362 Å². The largest absolute Gasteiger partial charge is 0.472 e. The third-order valence-electron chi connectivity index (χ3n) is 18.3. The van der Waals surface area contributed by atoms with Crippen LogP contribution in [0.1, 0.15) is 413 Å². The number of esters is 4. The van der Waals surface area contributed by atoms with Gasteiger partial charge in [-0.15, -0.1) is 0 Å². The van der Waals surface area contributed by atoms with Crippen LogP contribution < -0.4 is 0 Å². The third-order valence-corrected chi connectivity index (χ3v) is 20.2. The van der Waals surface area contributed by atoms with Crippen LogP contribution in [-0.2, 0) is 65.4 Å². The first kappa shape index (κ1) is 95.1. The van der Waals surface area contributed by atoms with Crippen molar-refractivity contribution in [1.29, 1.82) is 0 Å². The first-order valence-electron chi connectivity index (χ1n) is 40.6. The fraction of sp³-hybridized carbons (Fsp3) is 0.949. The van der Waals surface area contributed by atoms with Crippen LogP contribution in [0, 0.1) is 5.92 Å². The molecule has 2 unspecified atom stereocenters. The zero-order valence-electron chi connectivity index (χ0n) is 63.2. The topological polar surface area (TPSA) is 237 Å². The molecular weight excluding hydrogens is 1270 g/mol. The standard InChI is InChI=1S/C78H152O17P2/c1-6-9-12-15-18-21-24-30-36-41-46-51-56-61-75(80)88-67-73(94-77(82)63-58-53-48-43-38-32-26-23-20-17-14-11-8-3)69-92-96(84,85)90-65-72(79)66-91-97(86,87)93-70-74(68-89-76(81)62-57-52-47-42-37-31-25-22-19-16-13-10-7-2)95-78(83)64-59-54-49-44-39-34-29-27-28-33-35-40-45-50-55-60-71(4)5/h71-74,79H,6-70H2,1-5H3,(H,84,85)(H,86,87)/t72-,73+,74+/m0/s1. The molecule has 3 N–H and O–H groups in total. The molecule has 0 aromatic heterocycles. The van der Waals surface area contributed by atoms with E-state index >= 15 is 0 Å². The molecule has 0 aromatic rings. The Morgan fingerprint density at radius 3 is 0.701 bits per heavy atom. The summed E-state index contributed by atoms with van der Waals surface area (Å²) in [7, 11) is -9.91. The van der Waals surface area contributed by atoms with E-state index in [0.29, 0.717) is 25.7 Å².